The van der Waals surface area contributed by atoms with Crippen LogP contribution in [0.4, 0.5) is 0 Å². The van der Waals surface area contributed by atoms with Crippen LogP contribution in [-0.2, 0) is 15.4 Å². The lowest BCUT2D eigenvalue weighted by molar-refractivity contribution is 0.318. The molecule has 0 saturated carbocycles. The summed E-state index contributed by atoms with van der Waals surface area (Å²) in [7, 11) is -3.31. The number of sulfonamides is 1. The number of thioether (sulfide) groups is 1. The van der Waals surface area contributed by atoms with E-state index in [-0.39, 0.29) is 11.2 Å². The minimum Gasteiger partial charge on any atom is -0.494 e. The van der Waals surface area contributed by atoms with E-state index >= 15 is 0 Å². The first-order valence-electron chi connectivity index (χ1n) is 7.50. The molecule has 22 heavy (non-hydrogen) atoms. The molecule has 0 aromatic heterocycles. The molecule has 0 aliphatic carbocycles. The van der Waals surface area contributed by atoms with Gasteiger partial charge in [-0.1, -0.05) is 32.9 Å². The number of rotatable bonds is 9. The molecule has 0 fully saturated rings. The molecule has 0 heterocycles. The molecule has 1 aromatic rings. The Labute approximate surface area is 138 Å². The second kappa shape index (κ2) is 8.79. The van der Waals surface area contributed by atoms with Crippen LogP contribution in [0.15, 0.2) is 24.3 Å². The molecule has 0 atom stereocenters. The Morgan fingerprint density at radius 2 is 1.68 bits per heavy atom. The van der Waals surface area contributed by atoms with Crippen molar-refractivity contribution in [1.29, 1.82) is 0 Å². The van der Waals surface area contributed by atoms with Crippen molar-refractivity contribution in [1.82, 2.24) is 0 Å². The Bertz CT molecular complexity index is 534. The fourth-order valence-electron chi connectivity index (χ4n) is 1.87. The zero-order valence-electron chi connectivity index (χ0n) is 13.7. The summed E-state index contributed by atoms with van der Waals surface area (Å²) in [6, 6.07) is 8.24. The van der Waals surface area contributed by atoms with Crippen LogP contribution in [-0.4, -0.2) is 32.3 Å². The minimum atomic E-state index is -3.31. The van der Waals surface area contributed by atoms with E-state index < -0.39 is 10.0 Å². The van der Waals surface area contributed by atoms with E-state index in [9.17, 15) is 8.42 Å². The fraction of sp³-hybridized carbons (Fsp3) is 0.625. The fourth-order valence-corrected chi connectivity index (χ4v) is 3.47. The Balaban J connectivity index is 2.12. The lowest BCUT2D eigenvalue weighted by Crippen LogP contribution is -2.16. The summed E-state index contributed by atoms with van der Waals surface area (Å²) >= 11 is 1.73. The number of hydrogen-bond acceptors (Lipinski definition) is 4. The molecule has 0 bridgehead atoms. The van der Waals surface area contributed by atoms with Crippen molar-refractivity contribution in [2.45, 2.75) is 39.0 Å². The second-order valence-electron chi connectivity index (χ2n) is 6.31. The molecule has 0 aliphatic heterocycles. The van der Waals surface area contributed by atoms with Gasteiger partial charge in [-0.05, 0) is 47.5 Å². The van der Waals surface area contributed by atoms with Crippen LogP contribution >= 0.6 is 11.8 Å². The first kappa shape index (κ1) is 19.3. The van der Waals surface area contributed by atoms with Crippen molar-refractivity contribution >= 4 is 21.8 Å². The van der Waals surface area contributed by atoms with Crippen molar-refractivity contribution in [3.05, 3.63) is 29.8 Å². The zero-order valence-corrected chi connectivity index (χ0v) is 15.3. The van der Waals surface area contributed by atoms with Gasteiger partial charge in [0.1, 0.15) is 5.75 Å². The zero-order chi connectivity index (χ0) is 16.6. The highest BCUT2D eigenvalue weighted by Crippen LogP contribution is 2.24. The molecule has 0 unspecified atom stereocenters. The van der Waals surface area contributed by atoms with Crippen molar-refractivity contribution < 1.29 is 13.2 Å². The van der Waals surface area contributed by atoms with Crippen LogP contribution in [0.2, 0.25) is 0 Å². The maximum atomic E-state index is 10.8. The molecule has 0 saturated heterocycles. The Morgan fingerprint density at radius 3 is 2.23 bits per heavy atom. The van der Waals surface area contributed by atoms with Gasteiger partial charge < -0.3 is 4.74 Å². The summed E-state index contributed by atoms with van der Waals surface area (Å²) in [6.07, 6.45) is 1.56. The third kappa shape index (κ3) is 8.66. The van der Waals surface area contributed by atoms with Gasteiger partial charge >= 0.3 is 0 Å². The Kier molecular flexibility index (Phi) is 7.72. The standard InChI is InChI=1S/C16H27NO3S2/c1-16(2,3)14-6-8-15(9-7-14)20-10-4-11-21-12-5-13-22(17,18)19/h6-9H,4-5,10-13H2,1-3H3,(H2,17,18,19). The van der Waals surface area contributed by atoms with Crippen LogP contribution in [0.3, 0.4) is 0 Å². The highest BCUT2D eigenvalue weighted by molar-refractivity contribution is 7.99. The van der Waals surface area contributed by atoms with Gasteiger partial charge in [0.2, 0.25) is 10.0 Å². The van der Waals surface area contributed by atoms with E-state index in [1.807, 2.05) is 12.1 Å². The van der Waals surface area contributed by atoms with Crippen LogP contribution in [0.5, 0.6) is 5.75 Å². The molecule has 0 spiro atoms. The third-order valence-corrected chi connectivity index (χ3v) is 5.15. The number of ether oxygens (including phenoxy) is 1. The summed E-state index contributed by atoms with van der Waals surface area (Å²) in [4.78, 5) is 0. The average Bonchev–Trinajstić information content (AvgIpc) is 2.40. The summed E-state index contributed by atoms with van der Waals surface area (Å²) < 4.78 is 27.2. The number of benzene rings is 1. The molecule has 2 N–H and O–H groups in total. The lowest BCUT2D eigenvalue weighted by atomic mass is 9.87. The van der Waals surface area contributed by atoms with Gasteiger partial charge in [0.05, 0.1) is 12.4 Å². The van der Waals surface area contributed by atoms with Crippen LogP contribution in [0.25, 0.3) is 0 Å². The summed E-state index contributed by atoms with van der Waals surface area (Å²) in [5.41, 5.74) is 1.46. The summed E-state index contributed by atoms with van der Waals surface area (Å²) in [6.45, 7) is 7.25. The van der Waals surface area contributed by atoms with Gasteiger partial charge in [0, 0.05) is 0 Å². The average molecular weight is 346 g/mol. The number of primary sulfonamides is 1. The molecule has 6 heteroatoms. The number of nitrogens with two attached hydrogens (primary N) is 1. The molecule has 0 aliphatic rings. The van der Waals surface area contributed by atoms with Crippen molar-refractivity contribution in [2.24, 2.45) is 5.14 Å². The van der Waals surface area contributed by atoms with Crippen molar-refractivity contribution in [3.63, 3.8) is 0 Å². The highest BCUT2D eigenvalue weighted by atomic mass is 32.2. The maximum Gasteiger partial charge on any atom is 0.209 e. The molecule has 1 aromatic carbocycles. The minimum absolute atomic E-state index is 0.0661. The summed E-state index contributed by atoms with van der Waals surface area (Å²) in [5, 5.41) is 4.94. The van der Waals surface area contributed by atoms with Crippen LogP contribution in [0, 0.1) is 0 Å². The first-order chi connectivity index (χ1) is 10.2. The Hall–Kier alpha value is -0.720. The monoisotopic (exact) mass is 345 g/mol. The third-order valence-electron chi connectivity index (χ3n) is 3.14. The topological polar surface area (TPSA) is 69.4 Å². The lowest BCUT2D eigenvalue weighted by Gasteiger charge is -2.19. The summed E-state index contributed by atoms with van der Waals surface area (Å²) in [5.74, 6) is 2.74. The number of hydrogen-bond donors (Lipinski definition) is 1. The van der Waals surface area contributed by atoms with E-state index in [1.54, 1.807) is 11.8 Å². The molecule has 126 valence electrons. The van der Waals surface area contributed by atoms with Gasteiger partial charge in [0.25, 0.3) is 0 Å². The smallest absolute Gasteiger partial charge is 0.209 e. The van der Waals surface area contributed by atoms with E-state index in [2.05, 4.69) is 32.9 Å². The SMILES string of the molecule is CC(C)(C)c1ccc(OCCCSCCCS(N)(=O)=O)cc1. The second-order valence-corrected chi connectivity index (χ2v) is 9.27. The van der Waals surface area contributed by atoms with Crippen molar-refractivity contribution in [2.75, 3.05) is 23.9 Å². The molecule has 0 amide bonds. The van der Waals surface area contributed by atoms with Gasteiger partial charge in [-0.3, -0.25) is 0 Å². The van der Waals surface area contributed by atoms with E-state index in [1.165, 1.54) is 5.56 Å². The van der Waals surface area contributed by atoms with Crippen LogP contribution < -0.4 is 9.88 Å². The van der Waals surface area contributed by atoms with Gasteiger partial charge in [-0.2, -0.15) is 11.8 Å². The van der Waals surface area contributed by atoms with E-state index in [4.69, 9.17) is 9.88 Å². The van der Waals surface area contributed by atoms with Gasteiger partial charge in [-0.15, -0.1) is 0 Å². The first-order valence-corrected chi connectivity index (χ1v) is 10.4. The van der Waals surface area contributed by atoms with E-state index in [0.717, 1.165) is 23.7 Å². The maximum absolute atomic E-state index is 10.8. The van der Waals surface area contributed by atoms with Crippen molar-refractivity contribution in [3.8, 4) is 5.75 Å². The molecule has 0 radical (unpaired) electrons. The molecular formula is C16H27NO3S2. The molecule has 4 nitrogen and oxygen atoms in total. The highest BCUT2D eigenvalue weighted by Gasteiger charge is 2.12. The molecular weight excluding hydrogens is 318 g/mol. The quantitative estimate of drug-likeness (QED) is 0.698. The van der Waals surface area contributed by atoms with E-state index in [0.29, 0.717) is 13.0 Å². The van der Waals surface area contributed by atoms with Crippen LogP contribution in [0.1, 0.15) is 39.2 Å². The Morgan fingerprint density at radius 1 is 1.09 bits per heavy atom. The molecule has 1 rings (SSSR count). The van der Waals surface area contributed by atoms with Gasteiger partial charge in [-0.25, -0.2) is 13.6 Å². The predicted molar refractivity (Wildman–Crippen MR) is 95.2 cm³/mol. The largest absolute Gasteiger partial charge is 0.494 e. The van der Waals surface area contributed by atoms with Gasteiger partial charge in [0.15, 0.2) is 0 Å². The predicted octanol–water partition coefficient (Wildman–Crippen LogP) is 3.16. The normalized spacial score (nSPS) is 12.4.